The minimum Gasteiger partial charge on any atom is -0.503 e. The van der Waals surface area contributed by atoms with Crippen molar-refractivity contribution in [1.82, 2.24) is 4.90 Å². The Bertz CT molecular complexity index is 979. The highest BCUT2D eigenvalue weighted by Gasteiger charge is 2.45. The van der Waals surface area contributed by atoms with Gasteiger partial charge in [0.15, 0.2) is 11.5 Å². The molecule has 3 aromatic rings. The first-order chi connectivity index (χ1) is 12.6. The van der Waals surface area contributed by atoms with E-state index < -0.39 is 23.5 Å². The number of fused-ring (bicyclic) bond motifs is 1. The Morgan fingerprint density at radius 1 is 1.23 bits per heavy atom. The van der Waals surface area contributed by atoms with Crippen molar-refractivity contribution in [2.24, 2.45) is 0 Å². The molecule has 4 rings (SSSR count). The van der Waals surface area contributed by atoms with Crippen LogP contribution in [0.4, 0.5) is 0 Å². The van der Waals surface area contributed by atoms with Crippen LogP contribution in [0.1, 0.15) is 35.7 Å². The van der Waals surface area contributed by atoms with E-state index in [1.807, 2.05) is 25.1 Å². The van der Waals surface area contributed by atoms with E-state index in [-0.39, 0.29) is 11.3 Å². The molecule has 1 aliphatic rings. The normalized spacial score (nSPS) is 17.5. The van der Waals surface area contributed by atoms with E-state index >= 15 is 0 Å². The van der Waals surface area contributed by atoms with E-state index in [0.29, 0.717) is 24.3 Å². The second kappa shape index (κ2) is 6.22. The maximum Gasteiger partial charge on any atom is 0.290 e. The zero-order chi connectivity index (χ0) is 18.3. The zero-order valence-electron chi connectivity index (χ0n) is 14.1. The molecule has 1 N–H and O–H groups in total. The molecule has 0 bridgehead atoms. The first-order valence-electron chi connectivity index (χ1n) is 8.42. The third-order valence-corrected chi connectivity index (χ3v) is 4.47. The number of para-hydroxylation sites is 1. The summed E-state index contributed by atoms with van der Waals surface area (Å²) in [6, 6.07) is 11.5. The van der Waals surface area contributed by atoms with Gasteiger partial charge in [0.05, 0.1) is 11.8 Å². The van der Waals surface area contributed by atoms with Crippen molar-refractivity contribution < 1.29 is 23.5 Å². The zero-order valence-corrected chi connectivity index (χ0v) is 14.1. The molecule has 1 aromatic carbocycles. The van der Waals surface area contributed by atoms with Crippen LogP contribution < -0.4 is 0 Å². The summed E-state index contributed by atoms with van der Waals surface area (Å²) < 4.78 is 11.1. The monoisotopic (exact) mass is 351 g/mol. The lowest BCUT2D eigenvalue weighted by atomic mass is 9.99. The van der Waals surface area contributed by atoms with Crippen molar-refractivity contribution in [1.29, 1.82) is 0 Å². The van der Waals surface area contributed by atoms with Crippen LogP contribution in [0.5, 0.6) is 0 Å². The van der Waals surface area contributed by atoms with Gasteiger partial charge in [0, 0.05) is 11.9 Å². The number of Topliss-reactive ketones (excluding diaryl/α,β-unsaturated/α-hetero) is 1. The lowest BCUT2D eigenvalue weighted by Crippen LogP contribution is -2.31. The van der Waals surface area contributed by atoms with Crippen molar-refractivity contribution >= 4 is 22.7 Å². The third kappa shape index (κ3) is 2.42. The summed E-state index contributed by atoms with van der Waals surface area (Å²) in [5, 5.41) is 11.2. The van der Waals surface area contributed by atoms with Crippen molar-refractivity contribution in [2.45, 2.75) is 19.4 Å². The molecule has 0 saturated heterocycles. The maximum atomic E-state index is 13.1. The van der Waals surface area contributed by atoms with E-state index in [0.717, 1.165) is 5.39 Å². The predicted molar refractivity (Wildman–Crippen MR) is 93.7 cm³/mol. The van der Waals surface area contributed by atoms with E-state index in [2.05, 4.69) is 0 Å². The number of carbonyl (C=O) groups is 2. The molecule has 6 heteroatoms. The summed E-state index contributed by atoms with van der Waals surface area (Å²) in [6.07, 6.45) is 2.16. The molecule has 0 saturated carbocycles. The van der Waals surface area contributed by atoms with Gasteiger partial charge in [-0.05, 0) is 30.7 Å². The van der Waals surface area contributed by atoms with Crippen LogP contribution in [-0.2, 0) is 4.79 Å². The van der Waals surface area contributed by atoms with Crippen LogP contribution in [0.2, 0.25) is 0 Å². The van der Waals surface area contributed by atoms with Gasteiger partial charge >= 0.3 is 0 Å². The summed E-state index contributed by atoms with van der Waals surface area (Å²) >= 11 is 0. The van der Waals surface area contributed by atoms with E-state index in [1.54, 1.807) is 24.3 Å². The number of rotatable bonds is 5. The quantitative estimate of drug-likeness (QED) is 0.702. The number of aliphatic hydroxyl groups is 1. The number of hydrogen-bond acceptors (Lipinski definition) is 5. The van der Waals surface area contributed by atoms with Crippen molar-refractivity contribution in [2.75, 3.05) is 6.54 Å². The SMILES string of the molecule is CCCN1C(=O)C(O)=C(C(=O)c2cc3ccccc3o2)C1c1ccco1. The number of ketones is 1. The summed E-state index contributed by atoms with van der Waals surface area (Å²) in [4.78, 5) is 27.1. The molecule has 3 heterocycles. The lowest BCUT2D eigenvalue weighted by Gasteiger charge is -2.23. The van der Waals surface area contributed by atoms with Crippen LogP contribution in [0.25, 0.3) is 11.0 Å². The Labute approximate surface area is 149 Å². The molecule has 0 aliphatic carbocycles. The van der Waals surface area contributed by atoms with Gasteiger partial charge in [-0.1, -0.05) is 25.1 Å². The van der Waals surface area contributed by atoms with Crippen molar-refractivity contribution in [3.05, 3.63) is 71.6 Å². The first-order valence-corrected chi connectivity index (χ1v) is 8.42. The molecule has 0 fully saturated rings. The van der Waals surface area contributed by atoms with Crippen LogP contribution in [-0.4, -0.2) is 28.2 Å². The first kappa shape index (κ1) is 16.2. The van der Waals surface area contributed by atoms with E-state index in [1.165, 1.54) is 11.2 Å². The number of aliphatic hydroxyl groups excluding tert-OH is 1. The molecule has 1 atom stereocenters. The Balaban J connectivity index is 1.81. The highest BCUT2D eigenvalue weighted by molar-refractivity contribution is 6.15. The highest BCUT2D eigenvalue weighted by Crippen LogP contribution is 2.39. The van der Waals surface area contributed by atoms with Crippen LogP contribution >= 0.6 is 0 Å². The van der Waals surface area contributed by atoms with Crippen molar-refractivity contribution in [3.63, 3.8) is 0 Å². The Morgan fingerprint density at radius 2 is 2.04 bits per heavy atom. The fourth-order valence-electron chi connectivity index (χ4n) is 3.33. The average Bonchev–Trinajstić information content (AvgIpc) is 3.36. The second-order valence-corrected chi connectivity index (χ2v) is 6.16. The fourth-order valence-corrected chi connectivity index (χ4v) is 3.33. The summed E-state index contributed by atoms with van der Waals surface area (Å²) in [6.45, 7) is 2.31. The Morgan fingerprint density at radius 3 is 2.73 bits per heavy atom. The van der Waals surface area contributed by atoms with Gasteiger partial charge in [-0.2, -0.15) is 0 Å². The maximum absolute atomic E-state index is 13.1. The lowest BCUT2D eigenvalue weighted by molar-refractivity contribution is -0.129. The molecule has 132 valence electrons. The summed E-state index contributed by atoms with van der Waals surface area (Å²) in [5.74, 6) is -1.14. The molecule has 1 aliphatic heterocycles. The third-order valence-electron chi connectivity index (χ3n) is 4.47. The van der Waals surface area contributed by atoms with Gasteiger partial charge in [-0.15, -0.1) is 0 Å². The van der Waals surface area contributed by atoms with Crippen LogP contribution in [0.15, 0.2) is 68.9 Å². The smallest absolute Gasteiger partial charge is 0.290 e. The summed E-state index contributed by atoms with van der Waals surface area (Å²) in [7, 11) is 0. The topological polar surface area (TPSA) is 83.9 Å². The molecule has 1 unspecified atom stereocenters. The molecule has 2 aromatic heterocycles. The largest absolute Gasteiger partial charge is 0.503 e. The predicted octanol–water partition coefficient (Wildman–Crippen LogP) is 4.01. The van der Waals surface area contributed by atoms with Gasteiger partial charge < -0.3 is 18.8 Å². The Hall–Kier alpha value is -3.28. The molecule has 26 heavy (non-hydrogen) atoms. The minimum absolute atomic E-state index is 0.0162. The number of nitrogens with zero attached hydrogens (tertiary/aromatic N) is 1. The number of amides is 1. The van der Waals surface area contributed by atoms with Gasteiger partial charge in [0.2, 0.25) is 5.78 Å². The molecule has 6 nitrogen and oxygen atoms in total. The van der Waals surface area contributed by atoms with E-state index in [4.69, 9.17) is 8.83 Å². The van der Waals surface area contributed by atoms with Gasteiger partial charge in [0.25, 0.3) is 5.91 Å². The highest BCUT2D eigenvalue weighted by atomic mass is 16.3. The Kier molecular flexibility index (Phi) is 3.88. The average molecular weight is 351 g/mol. The number of benzene rings is 1. The van der Waals surface area contributed by atoms with E-state index in [9.17, 15) is 14.7 Å². The summed E-state index contributed by atoms with van der Waals surface area (Å²) in [5.41, 5.74) is 0.553. The van der Waals surface area contributed by atoms with Gasteiger partial charge in [0.1, 0.15) is 17.4 Å². The molecular formula is C20H17NO5. The number of hydrogen-bond donors (Lipinski definition) is 1. The van der Waals surface area contributed by atoms with Gasteiger partial charge in [-0.3, -0.25) is 9.59 Å². The number of furan rings is 2. The van der Waals surface area contributed by atoms with Gasteiger partial charge in [-0.25, -0.2) is 0 Å². The molecule has 0 radical (unpaired) electrons. The molecular weight excluding hydrogens is 334 g/mol. The second-order valence-electron chi connectivity index (χ2n) is 6.16. The molecule has 1 amide bonds. The molecule has 0 spiro atoms. The fraction of sp³-hybridized carbons (Fsp3) is 0.200. The number of carbonyl (C=O) groups excluding carboxylic acids is 2. The van der Waals surface area contributed by atoms with Crippen molar-refractivity contribution in [3.8, 4) is 0 Å². The van der Waals surface area contributed by atoms with Crippen LogP contribution in [0, 0.1) is 0 Å². The standard InChI is InChI=1S/C20H17NO5/c1-2-9-21-17(14-8-5-10-25-14)16(19(23)20(21)24)18(22)15-11-12-6-3-4-7-13(12)26-15/h3-8,10-11,17,23H,2,9H2,1H3. The van der Waals surface area contributed by atoms with Crippen LogP contribution in [0.3, 0.4) is 0 Å². The minimum atomic E-state index is -0.766.